The van der Waals surface area contributed by atoms with Crippen LogP contribution in [0.5, 0.6) is 0 Å². The molecule has 16 heavy (non-hydrogen) atoms. The van der Waals surface area contributed by atoms with E-state index in [1.54, 1.807) is 0 Å². The molecule has 1 amide bonds. The number of rotatable bonds is 5. The maximum atomic E-state index is 11.3. The van der Waals surface area contributed by atoms with E-state index >= 15 is 0 Å². The Morgan fingerprint density at radius 2 is 2.31 bits per heavy atom. The van der Waals surface area contributed by atoms with E-state index in [9.17, 15) is 9.59 Å². The normalized spacial score (nSPS) is 12.1. The van der Waals surface area contributed by atoms with Gasteiger partial charge in [-0.15, -0.1) is 11.3 Å². The Hall–Kier alpha value is -1.43. The molecule has 0 fully saturated rings. The van der Waals surface area contributed by atoms with Gasteiger partial charge in [-0.25, -0.2) is 4.98 Å². The molecule has 0 aliphatic carbocycles. The Bertz CT molecular complexity index is 389. The van der Waals surface area contributed by atoms with Crippen molar-refractivity contribution < 1.29 is 14.7 Å². The predicted molar refractivity (Wildman–Crippen MR) is 60.1 cm³/mol. The lowest BCUT2D eigenvalue weighted by atomic mass is 10.2. The summed E-state index contributed by atoms with van der Waals surface area (Å²) in [7, 11) is 0. The molecule has 0 spiro atoms. The van der Waals surface area contributed by atoms with Crippen LogP contribution in [0, 0.1) is 5.92 Å². The molecule has 1 unspecified atom stereocenters. The number of hydrogen-bond acceptors (Lipinski definition) is 4. The van der Waals surface area contributed by atoms with Gasteiger partial charge in [-0.05, 0) is 13.3 Å². The number of aliphatic carboxylic acids is 1. The van der Waals surface area contributed by atoms with Crippen molar-refractivity contribution in [1.82, 2.24) is 10.3 Å². The zero-order chi connectivity index (χ0) is 12.1. The van der Waals surface area contributed by atoms with Crippen molar-refractivity contribution >= 4 is 23.2 Å². The van der Waals surface area contributed by atoms with Gasteiger partial charge in [0.25, 0.3) is 0 Å². The Balaban J connectivity index is 2.45. The molecule has 0 aliphatic heterocycles. The Morgan fingerprint density at radius 1 is 1.62 bits per heavy atom. The zero-order valence-corrected chi connectivity index (χ0v) is 10.0. The second-order valence-electron chi connectivity index (χ2n) is 3.36. The topological polar surface area (TPSA) is 79.3 Å². The van der Waals surface area contributed by atoms with Gasteiger partial charge in [-0.2, -0.15) is 0 Å². The van der Waals surface area contributed by atoms with Crippen molar-refractivity contribution in [3.63, 3.8) is 0 Å². The smallest absolute Gasteiger partial charge is 0.315 e. The molecule has 0 aromatic carbocycles. The number of aromatic nitrogens is 1. The molecule has 88 valence electrons. The monoisotopic (exact) mass is 242 g/mol. The lowest BCUT2D eigenvalue weighted by Gasteiger charge is -2.06. The van der Waals surface area contributed by atoms with Crippen LogP contribution in [0.25, 0.3) is 0 Å². The second-order valence-corrected chi connectivity index (χ2v) is 4.31. The van der Waals surface area contributed by atoms with Crippen molar-refractivity contribution in [3.05, 3.63) is 16.1 Å². The Labute approximate surface area is 97.5 Å². The highest BCUT2D eigenvalue weighted by molar-refractivity contribution is 7.09. The van der Waals surface area contributed by atoms with E-state index in [1.807, 2.05) is 12.3 Å². The SMILES string of the molecule is CCc1nc(CNC(=O)C(C)C(=O)O)cs1. The van der Waals surface area contributed by atoms with Crippen LogP contribution in [0.2, 0.25) is 0 Å². The first-order valence-corrected chi connectivity index (χ1v) is 5.86. The lowest BCUT2D eigenvalue weighted by molar-refractivity contribution is -0.146. The summed E-state index contributed by atoms with van der Waals surface area (Å²) in [6.07, 6.45) is 0.865. The molecule has 1 rings (SSSR count). The minimum absolute atomic E-state index is 0.285. The highest BCUT2D eigenvalue weighted by atomic mass is 32.1. The van der Waals surface area contributed by atoms with E-state index in [4.69, 9.17) is 5.11 Å². The molecular formula is C10H14N2O3S. The third kappa shape index (κ3) is 3.30. The fraction of sp³-hybridized carbons (Fsp3) is 0.500. The summed E-state index contributed by atoms with van der Waals surface area (Å²) >= 11 is 1.54. The highest BCUT2D eigenvalue weighted by Gasteiger charge is 2.19. The molecule has 5 nitrogen and oxygen atoms in total. The number of carbonyl (C=O) groups excluding carboxylic acids is 1. The van der Waals surface area contributed by atoms with Crippen LogP contribution in [0.1, 0.15) is 24.5 Å². The second kappa shape index (κ2) is 5.60. The average Bonchev–Trinajstić information content (AvgIpc) is 2.72. The van der Waals surface area contributed by atoms with Gasteiger partial charge in [0.15, 0.2) is 0 Å². The van der Waals surface area contributed by atoms with Gasteiger partial charge >= 0.3 is 5.97 Å². The van der Waals surface area contributed by atoms with E-state index < -0.39 is 17.8 Å². The maximum Gasteiger partial charge on any atom is 0.315 e. The number of amides is 1. The number of nitrogens with zero attached hydrogens (tertiary/aromatic N) is 1. The minimum Gasteiger partial charge on any atom is -0.481 e. The van der Waals surface area contributed by atoms with Crippen LogP contribution in [0.3, 0.4) is 0 Å². The molecule has 0 aliphatic rings. The molecule has 0 saturated carbocycles. The lowest BCUT2D eigenvalue weighted by Crippen LogP contribution is -2.33. The van der Waals surface area contributed by atoms with Crippen LogP contribution < -0.4 is 5.32 Å². The van der Waals surface area contributed by atoms with Crippen LogP contribution in [0.4, 0.5) is 0 Å². The van der Waals surface area contributed by atoms with Gasteiger partial charge < -0.3 is 10.4 Å². The maximum absolute atomic E-state index is 11.3. The first-order valence-electron chi connectivity index (χ1n) is 4.98. The Morgan fingerprint density at radius 3 is 2.81 bits per heavy atom. The first kappa shape index (κ1) is 12.6. The van der Waals surface area contributed by atoms with Gasteiger partial charge in [0.1, 0.15) is 5.92 Å². The third-order valence-corrected chi connectivity index (χ3v) is 3.15. The number of carboxylic acid groups (broad SMARTS) is 1. The van der Waals surface area contributed by atoms with Gasteiger partial charge in [0.2, 0.25) is 5.91 Å². The van der Waals surface area contributed by atoms with Gasteiger partial charge in [-0.1, -0.05) is 6.92 Å². The van der Waals surface area contributed by atoms with Crippen LogP contribution in [-0.4, -0.2) is 22.0 Å². The fourth-order valence-electron chi connectivity index (χ4n) is 1.04. The molecule has 1 aromatic rings. The Kier molecular flexibility index (Phi) is 4.42. The number of nitrogens with one attached hydrogen (secondary N) is 1. The summed E-state index contributed by atoms with van der Waals surface area (Å²) in [4.78, 5) is 26.1. The summed E-state index contributed by atoms with van der Waals surface area (Å²) in [5.74, 6) is -2.63. The van der Waals surface area contributed by atoms with Gasteiger partial charge in [0, 0.05) is 5.38 Å². The van der Waals surface area contributed by atoms with Crippen molar-refractivity contribution in [2.24, 2.45) is 5.92 Å². The summed E-state index contributed by atoms with van der Waals surface area (Å²) in [5, 5.41) is 14.0. The van der Waals surface area contributed by atoms with E-state index in [1.165, 1.54) is 18.3 Å². The molecular weight excluding hydrogens is 228 g/mol. The van der Waals surface area contributed by atoms with E-state index in [0.29, 0.717) is 0 Å². The van der Waals surface area contributed by atoms with Crippen LogP contribution >= 0.6 is 11.3 Å². The number of carbonyl (C=O) groups is 2. The molecule has 0 radical (unpaired) electrons. The highest BCUT2D eigenvalue weighted by Crippen LogP contribution is 2.09. The van der Waals surface area contributed by atoms with Gasteiger partial charge in [0.05, 0.1) is 17.2 Å². The molecule has 0 saturated heterocycles. The van der Waals surface area contributed by atoms with Gasteiger partial charge in [-0.3, -0.25) is 9.59 Å². The molecule has 1 aromatic heterocycles. The van der Waals surface area contributed by atoms with Crippen molar-refractivity contribution in [1.29, 1.82) is 0 Å². The average molecular weight is 242 g/mol. The van der Waals surface area contributed by atoms with E-state index in [2.05, 4.69) is 10.3 Å². The number of hydrogen-bond donors (Lipinski definition) is 2. The van der Waals surface area contributed by atoms with Crippen LogP contribution in [-0.2, 0) is 22.6 Å². The largest absolute Gasteiger partial charge is 0.481 e. The standard InChI is InChI=1S/C10H14N2O3S/c1-3-8-12-7(5-16-8)4-11-9(13)6(2)10(14)15/h5-6H,3-4H2,1-2H3,(H,11,13)(H,14,15). The summed E-state index contributed by atoms with van der Waals surface area (Å²) in [5.41, 5.74) is 0.771. The van der Waals surface area contributed by atoms with Crippen molar-refractivity contribution in [2.45, 2.75) is 26.8 Å². The molecule has 2 N–H and O–H groups in total. The molecule has 1 atom stereocenters. The zero-order valence-electron chi connectivity index (χ0n) is 9.19. The third-order valence-electron chi connectivity index (χ3n) is 2.11. The summed E-state index contributed by atoms with van der Waals surface area (Å²) in [6, 6.07) is 0. The first-order chi connectivity index (χ1) is 7.54. The fourth-order valence-corrected chi connectivity index (χ4v) is 1.78. The number of thiazole rings is 1. The minimum atomic E-state index is -1.12. The van der Waals surface area contributed by atoms with Crippen LogP contribution in [0.15, 0.2) is 5.38 Å². The van der Waals surface area contributed by atoms with Crippen molar-refractivity contribution in [2.75, 3.05) is 0 Å². The predicted octanol–water partition coefficient (Wildman–Crippen LogP) is 1.04. The van der Waals surface area contributed by atoms with E-state index in [0.717, 1.165) is 17.1 Å². The quantitative estimate of drug-likeness (QED) is 0.756. The molecule has 6 heteroatoms. The summed E-state index contributed by atoms with van der Waals surface area (Å²) in [6.45, 7) is 3.65. The van der Waals surface area contributed by atoms with E-state index in [-0.39, 0.29) is 6.54 Å². The van der Waals surface area contributed by atoms with Crippen molar-refractivity contribution in [3.8, 4) is 0 Å². The molecule has 1 heterocycles. The number of aryl methyl sites for hydroxylation is 1. The number of carboxylic acids is 1. The summed E-state index contributed by atoms with van der Waals surface area (Å²) < 4.78 is 0. The molecule has 0 bridgehead atoms.